The van der Waals surface area contributed by atoms with E-state index in [0.29, 0.717) is 12.1 Å². The fraction of sp³-hybridized carbons (Fsp3) is 0.238. The highest BCUT2D eigenvalue weighted by Crippen LogP contribution is 2.12. The van der Waals surface area contributed by atoms with Crippen molar-refractivity contribution in [2.75, 3.05) is 6.54 Å². The Labute approximate surface area is 153 Å². The minimum absolute atomic E-state index is 0.177. The third-order valence-corrected chi connectivity index (χ3v) is 4.29. The molecule has 5 nitrogen and oxygen atoms in total. The smallest absolute Gasteiger partial charge is 0.251 e. The van der Waals surface area contributed by atoms with Crippen LogP contribution in [0.15, 0.2) is 60.7 Å². The molecule has 1 amide bonds. The van der Waals surface area contributed by atoms with Gasteiger partial charge in [0.15, 0.2) is 0 Å². The summed E-state index contributed by atoms with van der Waals surface area (Å²) >= 11 is 0. The molecule has 3 rings (SSSR count). The van der Waals surface area contributed by atoms with Crippen LogP contribution in [-0.4, -0.2) is 27.3 Å². The number of hydrogen-bond donors (Lipinski definition) is 2. The Bertz CT molecular complexity index is 870. The van der Waals surface area contributed by atoms with E-state index in [1.165, 1.54) is 0 Å². The largest absolute Gasteiger partial charge is 0.387 e. The average molecular weight is 349 g/mol. The fourth-order valence-corrected chi connectivity index (χ4v) is 2.85. The molecule has 2 aromatic carbocycles. The molecule has 0 unspecified atom stereocenters. The van der Waals surface area contributed by atoms with Gasteiger partial charge in [0.2, 0.25) is 0 Å². The molecule has 3 aromatic rings. The van der Waals surface area contributed by atoms with Gasteiger partial charge in [-0.1, -0.05) is 42.5 Å². The molecule has 1 aromatic heterocycles. The lowest BCUT2D eigenvalue weighted by atomic mass is 10.1. The van der Waals surface area contributed by atoms with Gasteiger partial charge in [0.25, 0.3) is 5.91 Å². The number of carbonyl (C=O) groups is 1. The van der Waals surface area contributed by atoms with Gasteiger partial charge in [-0.2, -0.15) is 5.10 Å². The zero-order valence-electron chi connectivity index (χ0n) is 15.0. The summed E-state index contributed by atoms with van der Waals surface area (Å²) in [4.78, 5) is 12.3. The lowest BCUT2D eigenvalue weighted by molar-refractivity contribution is 0.0916. The molecule has 134 valence electrons. The highest BCUT2D eigenvalue weighted by atomic mass is 16.3. The first kappa shape index (κ1) is 17.9. The van der Waals surface area contributed by atoms with Crippen LogP contribution in [0.2, 0.25) is 0 Å². The summed E-state index contributed by atoms with van der Waals surface area (Å²) in [5.41, 5.74) is 4.54. The maximum Gasteiger partial charge on any atom is 0.251 e. The summed E-state index contributed by atoms with van der Waals surface area (Å²) in [5.74, 6) is -0.197. The third-order valence-electron chi connectivity index (χ3n) is 4.29. The molecule has 0 aliphatic heterocycles. The molecule has 0 spiro atoms. The molecule has 1 atom stereocenters. The van der Waals surface area contributed by atoms with Crippen LogP contribution < -0.4 is 5.32 Å². The molecule has 0 saturated heterocycles. The van der Waals surface area contributed by atoms with Crippen molar-refractivity contribution < 1.29 is 9.90 Å². The number of aliphatic hydroxyl groups is 1. The van der Waals surface area contributed by atoms with Gasteiger partial charge in [-0.15, -0.1) is 0 Å². The van der Waals surface area contributed by atoms with Crippen molar-refractivity contribution in [2.45, 2.75) is 26.5 Å². The normalized spacial score (nSPS) is 12.0. The van der Waals surface area contributed by atoms with Crippen LogP contribution in [0, 0.1) is 13.8 Å². The number of nitrogens with one attached hydrogen (secondary N) is 1. The Morgan fingerprint density at radius 2 is 1.81 bits per heavy atom. The molecule has 0 saturated carbocycles. The van der Waals surface area contributed by atoms with E-state index in [9.17, 15) is 9.90 Å². The van der Waals surface area contributed by atoms with Crippen LogP contribution in [-0.2, 0) is 6.54 Å². The number of benzene rings is 2. The lowest BCUT2D eigenvalue weighted by Crippen LogP contribution is -2.28. The monoisotopic (exact) mass is 349 g/mol. The molecule has 0 aliphatic carbocycles. The molecule has 26 heavy (non-hydrogen) atoms. The third kappa shape index (κ3) is 4.37. The summed E-state index contributed by atoms with van der Waals surface area (Å²) < 4.78 is 1.95. The Morgan fingerprint density at radius 3 is 2.42 bits per heavy atom. The number of carbonyl (C=O) groups excluding carboxylic acids is 1. The van der Waals surface area contributed by atoms with Crippen molar-refractivity contribution >= 4 is 5.91 Å². The van der Waals surface area contributed by atoms with Crippen molar-refractivity contribution in [3.63, 3.8) is 0 Å². The Kier molecular flexibility index (Phi) is 5.49. The van der Waals surface area contributed by atoms with Crippen molar-refractivity contribution in [2.24, 2.45) is 0 Å². The molecule has 5 heteroatoms. The highest BCUT2D eigenvalue weighted by molar-refractivity contribution is 5.94. The van der Waals surface area contributed by atoms with Crippen LogP contribution in [0.1, 0.15) is 39.0 Å². The van der Waals surface area contributed by atoms with E-state index in [2.05, 4.69) is 10.4 Å². The van der Waals surface area contributed by atoms with E-state index in [1.54, 1.807) is 12.1 Å². The number of aromatic nitrogens is 2. The van der Waals surface area contributed by atoms with Crippen molar-refractivity contribution in [1.29, 1.82) is 0 Å². The van der Waals surface area contributed by atoms with Crippen LogP contribution in [0.5, 0.6) is 0 Å². The van der Waals surface area contributed by atoms with Gasteiger partial charge in [-0.25, -0.2) is 0 Å². The number of nitrogens with zero attached hydrogens (tertiary/aromatic N) is 2. The average Bonchev–Trinajstić information content (AvgIpc) is 2.97. The molecular formula is C21H23N3O2. The molecule has 0 fully saturated rings. The summed E-state index contributed by atoms with van der Waals surface area (Å²) in [5, 5.41) is 17.4. The molecule has 1 heterocycles. The Balaban J connectivity index is 1.57. The zero-order valence-corrected chi connectivity index (χ0v) is 15.0. The Hall–Kier alpha value is -2.92. The highest BCUT2D eigenvalue weighted by Gasteiger charge is 2.11. The first-order valence-corrected chi connectivity index (χ1v) is 8.64. The van der Waals surface area contributed by atoms with Gasteiger partial charge in [-0.05, 0) is 43.2 Å². The summed E-state index contributed by atoms with van der Waals surface area (Å²) in [7, 11) is 0. The molecule has 2 N–H and O–H groups in total. The fourth-order valence-electron chi connectivity index (χ4n) is 2.85. The van der Waals surface area contributed by atoms with Gasteiger partial charge in [0, 0.05) is 17.8 Å². The first-order valence-electron chi connectivity index (χ1n) is 8.64. The van der Waals surface area contributed by atoms with Crippen molar-refractivity contribution in [3.8, 4) is 0 Å². The van der Waals surface area contributed by atoms with Gasteiger partial charge < -0.3 is 10.4 Å². The van der Waals surface area contributed by atoms with Gasteiger partial charge in [-0.3, -0.25) is 9.48 Å². The summed E-state index contributed by atoms with van der Waals surface area (Å²) in [6, 6.07) is 18.8. The molecule has 0 aliphatic rings. The van der Waals surface area contributed by atoms with Crippen LogP contribution in [0.25, 0.3) is 0 Å². The Morgan fingerprint density at radius 1 is 1.12 bits per heavy atom. The SMILES string of the molecule is Cc1cc(C)n(Cc2ccc(C(=O)NC[C@@H](O)c3ccccc3)cc2)n1. The molecular weight excluding hydrogens is 326 g/mol. The van der Waals surface area contributed by atoms with Crippen LogP contribution >= 0.6 is 0 Å². The number of rotatable bonds is 6. The van der Waals surface area contributed by atoms with Crippen molar-refractivity contribution in [1.82, 2.24) is 15.1 Å². The summed E-state index contributed by atoms with van der Waals surface area (Å²) in [6.07, 6.45) is -0.717. The summed E-state index contributed by atoms with van der Waals surface area (Å²) in [6.45, 7) is 4.85. The van der Waals surface area contributed by atoms with E-state index >= 15 is 0 Å². The molecule has 0 radical (unpaired) electrons. The van der Waals surface area contributed by atoms with E-state index < -0.39 is 6.10 Å². The van der Waals surface area contributed by atoms with E-state index in [4.69, 9.17) is 0 Å². The predicted molar refractivity (Wildman–Crippen MR) is 101 cm³/mol. The van der Waals surface area contributed by atoms with Crippen LogP contribution in [0.4, 0.5) is 0 Å². The second-order valence-electron chi connectivity index (χ2n) is 6.42. The molecule has 0 bridgehead atoms. The minimum atomic E-state index is -0.717. The topological polar surface area (TPSA) is 67.2 Å². The van der Waals surface area contributed by atoms with E-state index in [-0.39, 0.29) is 12.5 Å². The van der Waals surface area contributed by atoms with E-state index in [1.807, 2.05) is 67.1 Å². The number of amides is 1. The van der Waals surface area contributed by atoms with Gasteiger partial charge in [0.05, 0.1) is 18.3 Å². The maximum atomic E-state index is 12.3. The number of aliphatic hydroxyl groups excluding tert-OH is 1. The number of aryl methyl sites for hydroxylation is 2. The van der Waals surface area contributed by atoms with Gasteiger partial charge >= 0.3 is 0 Å². The second-order valence-corrected chi connectivity index (χ2v) is 6.42. The predicted octanol–water partition coefficient (Wildman–Crippen LogP) is 3.01. The lowest BCUT2D eigenvalue weighted by Gasteiger charge is -2.12. The standard InChI is InChI=1S/C21H23N3O2/c1-15-12-16(2)24(23-15)14-17-8-10-19(11-9-17)21(26)22-13-20(25)18-6-4-3-5-7-18/h3-12,20,25H,13-14H2,1-2H3,(H,22,26)/t20-/m1/s1. The zero-order chi connectivity index (χ0) is 18.5. The first-order chi connectivity index (χ1) is 12.5. The maximum absolute atomic E-state index is 12.3. The second kappa shape index (κ2) is 7.97. The van der Waals surface area contributed by atoms with Crippen molar-refractivity contribution in [3.05, 3.63) is 88.7 Å². The van der Waals surface area contributed by atoms with Gasteiger partial charge in [0.1, 0.15) is 0 Å². The minimum Gasteiger partial charge on any atom is -0.387 e. The quantitative estimate of drug-likeness (QED) is 0.719. The van der Waals surface area contributed by atoms with Crippen LogP contribution in [0.3, 0.4) is 0 Å². The van der Waals surface area contributed by atoms with E-state index in [0.717, 1.165) is 22.5 Å². The number of hydrogen-bond acceptors (Lipinski definition) is 3.